The first kappa shape index (κ1) is 16.5. The van der Waals surface area contributed by atoms with Gasteiger partial charge in [-0.3, -0.25) is 9.78 Å². The zero-order valence-corrected chi connectivity index (χ0v) is 14.8. The summed E-state index contributed by atoms with van der Waals surface area (Å²) in [6.45, 7) is 4.07. The summed E-state index contributed by atoms with van der Waals surface area (Å²) < 4.78 is 2.16. The van der Waals surface area contributed by atoms with Crippen LogP contribution < -0.4 is 0 Å². The second-order valence-electron chi connectivity index (χ2n) is 6.78. The number of aryl methyl sites for hydroxylation is 1. The van der Waals surface area contributed by atoms with Crippen LogP contribution in [-0.4, -0.2) is 48.4 Å². The lowest BCUT2D eigenvalue weighted by atomic mass is 9.97. The maximum atomic E-state index is 12.7. The second-order valence-corrected chi connectivity index (χ2v) is 6.78. The number of hydrogen-bond donors (Lipinski definition) is 1. The molecule has 7 nitrogen and oxygen atoms in total. The standard InChI is InChI=1S/C19H22N6O/c1-14-10-22-17(23-14)19(26)25-8-3-5-16(13-25)18-21-7-9-24(18)12-15-4-2-6-20-11-15/h2,4,6-7,9-11,16H,3,5,8,12-13H2,1H3,(H,22,23)/t16-/m0/s1. The van der Waals surface area contributed by atoms with E-state index < -0.39 is 0 Å². The number of hydrogen-bond acceptors (Lipinski definition) is 4. The third-order valence-corrected chi connectivity index (χ3v) is 4.80. The molecule has 4 rings (SSSR count). The predicted octanol–water partition coefficient (Wildman–Crippen LogP) is 2.38. The minimum absolute atomic E-state index is 0.0341. The Balaban J connectivity index is 1.50. The van der Waals surface area contributed by atoms with E-state index in [1.807, 2.05) is 36.5 Å². The van der Waals surface area contributed by atoms with E-state index in [0.29, 0.717) is 12.4 Å². The Morgan fingerprint density at radius 1 is 1.31 bits per heavy atom. The van der Waals surface area contributed by atoms with Gasteiger partial charge in [0.05, 0.1) is 6.54 Å². The summed E-state index contributed by atoms with van der Waals surface area (Å²) in [6, 6.07) is 4.00. The molecule has 4 heterocycles. The first-order valence-electron chi connectivity index (χ1n) is 8.91. The van der Waals surface area contributed by atoms with Gasteiger partial charge in [0.1, 0.15) is 5.82 Å². The molecule has 0 aliphatic carbocycles. The first-order valence-corrected chi connectivity index (χ1v) is 8.91. The quantitative estimate of drug-likeness (QED) is 0.783. The molecule has 1 aliphatic rings. The number of likely N-dealkylation sites (tertiary alicyclic amines) is 1. The summed E-state index contributed by atoms with van der Waals surface area (Å²) in [4.78, 5) is 30.6. The van der Waals surface area contributed by atoms with Gasteiger partial charge in [0.25, 0.3) is 5.91 Å². The van der Waals surface area contributed by atoms with Crippen LogP contribution in [-0.2, 0) is 6.54 Å². The Labute approximate surface area is 152 Å². The van der Waals surface area contributed by atoms with Crippen molar-refractivity contribution in [1.29, 1.82) is 0 Å². The highest BCUT2D eigenvalue weighted by Crippen LogP contribution is 2.27. The van der Waals surface area contributed by atoms with Crippen LogP contribution in [0.5, 0.6) is 0 Å². The molecule has 1 fully saturated rings. The molecule has 1 amide bonds. The van der Waals surface area contributed by atoms with E-state index in [1.54, 1.807) is 12.4 Å². The van der Waals surface area contributed by atoms with Crippen LogP contribution in [0.4, 0.5) is 0 Å². The van der Waals surface area contributed by atoms with Crippen LogP contribution >= 0.6 is 0 Å². The van der Waals surface area contributed by atoms with Crippen LogP contribution in [0.15, 0.2) is 43.1 Å². The first-order chi connectivity index (χ1) is 12.7. The van der Waals surface area contributed by atoms with Crippen LogP contribution in [0.3, 0.4) is 0 Å². The number of rotatable bonds is 4. The summed E-state index contributed by atoms with van der Waals surface area (Å²) in [7, 11) is 0. The number of piperidine rings is 1. The molecule has 0 unspecified atom stereocenters. The molecule has 3 aromatic rings. The van der Waals surface area contributed by atoms with Gasteiger partial charge in [-0.1, -0.05) is 6.07 Å². The largest absolute Gasteiger partial charge is 0.338 e. The molecule has 1 aliphatic heterocycles. The van der Waals surface area contributed by atoms with Crippen LogP contribution in [0, 0.1) is 6.92 Å². The van der Waals surface area contributed by atoms with Crippen molar-refractivity contribution in [3.63, 3.8) is 0 Å². The van der Waals surface area contributed by atoms with Crippen molar-refractivity contribution in [2.45, 2.75) is 32.2 Å². The number of carbonyl (C=O) groups is 1. The predicted molar refractivity (Wildman–Crippen MR) is 96.8 cm³/mol. The molecule has 0 bridgehead atoms. The van der Waals surface area contributed by atoms with Crippen LogP contribution in [0.2, 0.25) is 0 Å². The highest BCUT2D eigenvalue weighted by Gasteiger charge is 2.29. The molecule has 1 N–H and O–H groups in total. The third-order valence-electron chi connectivity index (χ3n) is 4.80. The monoisotopic (exact) mass is 350 g/mol. The lowest BCUT2D eigenvalue weighted by Gasteiger charge is -2.32. The number of aromatic amines is 1. The summed E-state index contributed by atoms with van der Waals surface area (Å²) in [6.07, 6.45) is 11.2. The topological polar surface area (TPSA) is 79.7 Å². The molecule has 7 heteroatoms. The smallest absolute Gasteiger partial charge is 0.289 e. The van der Waals surface area contributed by atoms with Crippen molar-refractivity contribution in [3.05, 3.63) is 66.0 Å². The minimum Gasteiger partial charge on any atom is -0.338 e. The molecule has 1 atom stereocenters. The van der Waals surface area contributed by atoms with Gasteiger partial charge in [-0.05, 0) is 31.4 Å². The molecule has 26 heavy (non-hydrogen) atoms. The molecule has 134 valence electrons. The Kier molecular flexibility index (Phi) is 4.51. The lowest BCUT2D eigenvalue weighted by molar-refractivity contribution is 0.0692. The van der Waals surface area contributed by atoms with Gasteiger partial charge in [0.15, 0.2) is 5.82 Å². The fraction of sp³-hybridized carbons (Fsp3) is 0.368. The molecule has 1 saturated heterocycles. The molecule has 0 aromatic carbocycles. The average Bonchev–Trinajstić information content (AvgIpc) is 3.31. The van der Waals surface area contributed by atoms with Crippen LogP contribution in [0.1, 0.15) is 46.5 Å². The zero-order chi connectivity index (χ0) is 17.9. The van der Waals surface area contributed by atoms with Crippen molar-refractivity contribution in [1.82, 2.24) is 29.4 Å². The van der Waals surface area contributed by atoms with Gasteiger partial charge in [-0.25, -0.2) is 9.97 Å². The number of nitrogens with zero attached hydrogens (tertiary/aromatic N) is 5. The van der Waals surface area contributed by atoms with E-state index in [9.17, 15) is 4.79 Å². The third kappa shape index (κ3) is 3.37. The minimum atomic E-state index is -0.0341. The van der Waals surface area contributed by atoms with Gasteiger partial charge in [0.2, 0.25) is 0 Å². The highest BCUT2D eigenvalue weighted by atomic mass is 16.2. The van der Waals surface area contributed by atoms with E-state index >= 15 is 0 Å². The van der Waals surface area contributed by atoms with Crippen molar-refractivity contribution >= 4 is 5.91 Å². The molecule has 3 aromatic heterocycles. The average molecular weight is 350 g/mol. The van der Waals surface area contributed by atoms with Gasteiger partial charge in [-0.15, -0.1) is 0 Å². The van der Waals surface area contributed by atoms with E-state index in [-0.39, 0.29) is 11.8 Å². The van der Waals surface area contributed by atoms with E-state index in [4.69, 9.17) is 0 Å². The summed E-state index contributed by atoms with van der Waals surface area (Å²) >= 11 is 0. The Morgan fingerprint density at radius 2 is 2.23 bits per heavy atom. The van der Waals surface area contributed by atoms with Crippen molar-refractivity contribution < 1.29 is 4.79 Å². The Hall–Kier alpha value is -2.96. The van der Waals surface area contributed by atoms with Crippen molar-refractivity contribution in [2.24, 2.45) is 0 Å². The van der Waals surface area contributed by atoms with Crippen LogP contribution in [0.25, 0.3) is 0 Å². The summed E-state index contributed by atoms with van der Waals surface area (Å²) in [5.74, 6) is 1.65. The zero-order valence-electron chi connectivity index (χ0n) is 14.8. The van der Waals surface area contributed by atoms with Gasteiger partial charge < -0.3 is 14.5 Å². The van der Waals surface area contributed by atoms with E-state index in [0.717, 1.165) is 43.0 Å². The summed E-state index contributed by atoms with van der Waals surface area (Å²) in [5, 5.41) is 0. The molecule has 0 radical (unpaired) electrons. The second kappa shape index (κ2) is 7.11. The van der Waals surface area contributed by atoms with E-state index in [2.05, 4.69) is 30.6 Å². The van der Waals surface area contributed by atoms with Crippen molar-refractivity contribution in [3.8, 4) is 0 Å². The number of amides is 1. The Bertz CT molecular complexity index is 884. The lowest BCUT2D eigenvalue weighted by Crippen LogP contribution is -2.40. The number of imidazole rings is 2. The molecular weight excluding hydrogens is 328 g/mol. The number of pyridine rings is 1. The maximum Gasteiger partial charge on any atom is 0.289 e. The SMILES string of the molecule is Cc1cnc(C(=O)N2CCC[C@H](c3nccn3Cc3cccnc3)C2)[nH]1. The highest BCUT2D eigenvalue weighted by molar-refractivity contribution is 5.90. The molecule has 0 saturated carbocycles. The normalized spacial score (nSPS) is 17.4. The fourth-order valence-corrected chi connectivity index (χ4v) is 3.55. The van der Waals surface area contributed by atoms with E-state index in [1.165, 1.54) is 0 Å². The number of nitrogens with one attached hydrogen (secondary N) is 1. The molecular formula is C19H22N6O. The van der Waals surface area contributed by atoms with Gasteiger partial charge in [0, 0.05) is 55.7 Å². The van der Waals surface area contributed by atoms with Crippen molar-refractivity contribution in [2.75, 3.05) is 13.1 Å². The molecule has 0 spiro atoms. The fourth-order valence-electron chi connectivity index (χ4n) is 3.55. The summed E-state index contributed by atoms with van der Waals surface area (Å²) in [5.41, 5.74) is 2.04. The number of H-pyrrole nitrogens is 1. The van der Waals surface area contributed by atoms with Gasteiger partial charge in [-0.2, -0.15) is 0 Å². The number of carbonyl (C=O) groups excluding carboxylic acids is 1. The van der Waals surface area contributed by atoms with Gasteiger partial charge >= 0.3 is 0 Å². The maximum absolute atomic E-state index is 12.7. The number of aromatic nitrogens is 5. The Morgan fingerprint density at radius 3 is 3.00 bits per heavy atom.